The smallest absolute Gasteiger partial charge is 0.199 e. The van der Waals surface area contributed by atoms with Crippen molar-refractivity contribution in [2.45, 2.75) is 6.92 Å². The first kappa shape index (κ1) is 10.3. The second kappa shape index (κ2) is 3.86. The van der Waals surface area contributed by atoms with Gasteiger partial charge in [0, 0.05) is 17.5 Å². The van der Waals surface area contributed by atoms with E-state index in [0.29, 0.717) is 22.1 Å². The van der Waals surface area contributed by atoms with Gasteiger partial charge in [-0.2, -0.15) is 4.98 Å². The Morgan fingerprint density at radius 3 is 2.53 bits per heavy atom. The molecule has 0 aliphatic rings. The topological polar surface area (TPSA) is 38.9 Å². The van der Waals surface area contributed by atoms with E-state index in [2.05, 4.69) is 9.97 Å². The highest BCUT2D eigenvalue weighted by atomic mass is 35.5. The fraction of sp³-hybridized carbons (Fsp3) is 0.0769. The highest BCUT2D eigenvalue weighted by Crippen LogP contribution is 2.22. The van der Waals surface area contributed by atoms with Crippen molar-refractivity contribution in [1.29, 1.82) is 0 Å². The molecule has 0 spiro atoms. The number of hydrogen-bond donors (Lipinski definition) is 0. The number of nitrogens with zero attached hydrogens (tertiary/aromatic N) is 2. The van der Waals surface area contributed by atoms with Crippen LogP contribution >= 0.6 is 11.6 Å². The van der Waals surface area contributed by atoms with Gasteiger partial charge in [-0.3, -0.25) is 0 Å². The summed E-state index contributed by atoms with van der Waals surface area (Å²) in [5.74, 6) is 0.626. The third kappa shape index (κ3) is 1.89. The average Bonchev–Trinajstić information content (AvgIpc) is 2.69. The normalized spacial score (nSPS) is 10.9. The molecular formula is C13H9ClN2O. The van der Waals surface area contributed by atoms with Gasteiger partial charge >= 0.3 is 0 Å². The molecule has 0 aliphatic heterocycles. The maximum atomic E-state index is 5.85. The van der Waals surface area contributed by atoms with Crippen LogP contribution in [0.15, 0.2) is 40.8 Å². The molecule has 0 saturated heterocycles. The number of rotatable bonds is 1. The van der Waals surface area contributed by atoms with Gasteiger partial charge in [0.15, 0.2) is 17.1 Å². The van der Waals surface area contributed by atoms with Crippen LogP contribution in [0.5, 0.6) is 0 Å². The van der Waals surface area contributed by atoms with E-state index < -0.39 is 0 Å². The summed E-state index contributed by atoms with van der Waals surface area (Å²) in [7, 11) is 0. The van der Waals surface area contributed by atoms with Gasteiger partial charge in [0.25, 0.3) is 0 Å². The van der Waals surface area contributed by atoms with Crippen molar-refractivity contribution in [1.82, 2.24) is 9.97 Å². The van der Waals surface area contributed by atoms with E-state index in [4.69, 9.17) is 16.0 Å². The minimum atomic E-state index is 0.626. The highest BCUT2D eigenvalue weighted by molar-refractivity contribution is 6.30. The number of benzene rings is 1. The van der Waals surface area contributed by atoms with Crippen LogP contribution in [0.2, 0.25) is 5.02 Å². The molecule has 2 heterocycles. The minimum Gasteiger partial charge on any atom is -0.439 e. The van der Waals surface area contributed by atoms with Crippen LogP contribution in [-0.2, 0) is 0 Å². The van der Waals surface area contributed by atoms with Gasteiger partial charge in [-0.15, -0.1) is 0 Å². The largest absolute Gasteiger partial charge is 0.439 e. The van der Waals surface area contributed by atoms with Gasteiger partial charge in [-0.1, -0.05) is 23.7 Å². The van der Waals surface area contributed by atoms with Crippen molar-refractivity contribution in [3.8, 4) is 11.3 Å². The van der Waals surface area contributed by atoms with Gasteiger partial charge < -0.3 is 4.42 Å². The number of aryl methyl sites for hydroxylation is 1. The predicted octanol–water partition coefficient (Wildman–Crippen LogP) is 3.85. The summed E-state index contributed by atoms with van der Waals surface area (Å²) in [5.41, 5.74) is 3.22. The number of aromatic nitrogens is 2. The number of pyridine rings is 1. The number of oxazole rings is 1. The summed E-state index contributed by atoms with van der Waals surface area (Å²) in [5, 5.41) is 0.715. The molecule has 1 aromatic carbocycles. The Bertz CT molecular complexity index is 673. The van der Waals surface area contributed by atoms with Crippen molar-refractivity contribution in [2.75, 3.05) is 0 Å². The lowest BCUT2D eigenvalue weighted by Gasteiger charge is -1.99. The monoisotopic (exact) mass is 244 g/mol. The van der Waals surface area contributed by atoms with Crippen LogP contribution in [0.4, 0.5) is 0 Å². The Morgan fingerprint density at radius 2 is 1.76 bits per heavy atom. The fourth-order valence-electron chi connectivity index (χ4n) is 1.71. The van der Waals surface area contributed by atoms with Crippen LogP contribution in [0.25, 0.3) is 22.5 Å². The molecule has 2 aromatic heterocycles. The SMILES string of the molecule is Cc1nc2nc(-c3ccc(Cl)cc3)ccc2o1. The second-order valence-corrected chi connectivity index (χ2v) is 4.19. The molecule has 0 fully saturated rings. The maximum Gasteiger partial charge on any atom is 0.199 e. The standard InChI is InChI=1S/C13H9ClN2O/c1-8-15-13-12(17-8)7-6-11(16-13)9-2-4-10(14)5-3-9/h2-7H,1H3. The molecule has 0 atom stereocenters. The summed E-state index contributed by atoms with van der Waals surface area (Å²) in [4.78, 5) is 8.66. The van der Waals surface area contributed by atoms with Gasteiger partial charge in [-0.05, 0) is 24.3 Å². The zero-order valence-electron chi connectivity index (χ0n) is 9.14. The predicted molar refractivity (Wildman–Crippen MR) is 67.0 cm³/mol. The molecule has 4 heteroatoms. The van der Waals surface area contributed by atoms with E-state index in [1.807, 2.05) is 43.3 Å². The molecule has 0 N–H and O–H groups in total. The molecule has 3 nitrogen and oxygen atoms in total. The Kier molecular flexibility index (Phi) is 2.34. The van der Waals surface area contributed by atoms with E-state index in [-0.39, 0.29) is 0 Å². The maximum absolute atomic E-state index is 5.85. The van der Waals surface area contributed by atoms with Gasteiger partial charge in [0.1, 0.15) is 0 Å². The van der Waals surface area contributed by atoms with Gasteiger partial charge in [0.05, 0.1) is 5.69 Å². The zero-order chi connectivity index (χ0) is 11.8. The third-order valence-electron chi connectivity index (χ3n) is 2.50. The van der Waals surface area contributed by atoms with Crippen LogP contribution in [-0.4, -0.2) is 9.97 Å². The van der Waals surface area contributed by atoms with Crippen LogP contribution in [0.1, 0.15) is 5.89 Å². The Morgan fingerprint density at radius 1 is 1.00 bits per heavy atom. The van der Waals surface area contributed by atoms with E-state index in [1.54, 1.807) is 0 Å². The Balaban J connectivity index is 2.13. The number of fused-ring (bicyclic) bond motifs is 1. The molecule has 0 radical (unpaired) electrons. The van der Waals surface area contributed by atoms with Crippen molar-refractivity contribution in [2.24, 2.45) is 0 Å². The molecule has 3 aromatic rings. The summed E-state index contributed by atoms with van der Waals surface area (Å²) < 4.78 is 5.38. The van der Waals surface area contributed by atoms with Gasteiger partial charge in [0.2, 0.25) is 0 Å². The molecule has 0 saturated carbocycles. The average molecular weight is 245 g/mol. The molecule has 84 valence electrons. The summed E-state index contributed by atoms with van der Waals surface area (Å²) in [6.45, 7) is 1.81. The quantitative estimate of drug-likeness (QED) is 0.653. The lowest BCUT2D eigenvalue weighted by atomic mass is 10.1. The zero-order valence-corrected chi connectivity index (χ0v) is 9.90. The molecule has 0 amide bonds. The first-order valence-electron chi connectivity index (χ1n) is 5.22. The number of halogens is 1. The Labute approximate surface area is 103 Å². The van der Waals surface area contributed by atoms with Crippen molar-refractivity contribution < 1.29 is 4.42 Å². The van der Waals surface area contributed by atoms with E-state index in [1.165, 1.54) is 0 Å². The van der Waals surface area contributed by atoms with E-state index in [0.717, 1.165) is 11.3 Å². The number of hydrogen-bond acceptors (Lipinski definition) is 3. The van der Waals surface area contributed by atoms with Gasteiger partial charge in [-0.25, -0.2) is 4.98 Å². The van der Waals surface area contributed by atoms with E-state index in [9.17, 15) is 0 Å². The molecule has 0 unspecified atom stereocenters. The Hall–Kier alpha value is -1.87. The molecule has 0 bridgehead atoms. The van der Waals surface area contributed by atoms with Crippen molar-refractivity contribution in [3.05, 3.63) is 47.3 Å². The molecule has 0 aliphatic carbocycles. The molecule has 17 heavy (non-hydrogen) atoms. The van der Waals surface area contributed by atoms with Crippen LogP contribution < -0.4 is 0 Å². The van der Waals surface area contributed by atoms with E-state index >= 15 is 0 Å². The lowest BCUT2D eigenvalue weighted by Crippen LogP contribution is -1.84. The highest BCUT2D eigenvalue weighted by Gasteiger charge is 2.06. The lowest BCUT2D eigenvalue weighted by molar-refractivity contribution is 0.561. The summed E-state index contributed by atoms with van der Waals surface area (Å²) >= 11 is 5.85. The second-order valence-electron chi connectivity index (χ2n) is 3.76. The third-order valence-corrected chi connectivity index (χ3v) is 2.75. The summed E-state index contributed by atoms with van der Waals surface area (Å²) in [6.07, 6.45) is 0. The molecular weight excluding hydrogens is 236 g/mol. The van der Waals surface area contributed by atoms with Crippen molar-refractivity contribution >= 4 is 22.8 Å². The van der Waals surface area contributed by atoms with Crippen molar-refractivity contribution in [3.63, 3.8) is 0 Å². The van der Waals surface area contributed by atoms with Crippen LogP contribution in [0, 0.1) is 6.92 Å². The minimum absolute atomic E-state index is 0.626. The first-order chi connectivity index (χ1) is 8.22. The molecule has 3 rings (SSSR count). The van der Waals surface area contributed by atoms with Crippen LogP contribution in [0.3, 0.4) is 0 Å². The first-order valence-corrected chi connectivity index (χ1v) is 5.60. The fourth-order valence-corrected chi connectivity index (χ4v) is 1.83. The summed E-state index contributed by atoms with van der Waals surface area (Å²) in [6, 6.07) is 11.4.